The Labute approximate surface area is 171 Å². The molecular formula is C21H18ClO7-. The summed E-state index contributed by atoms with van der Waals surface area (Å²) in [5.74, 6) is -3.75. The first-order chi connectivity index (χ1) is 13.7. The lowest BCUT2D eigenvalue weighted by atomic mass is 10.1. The van der Waals surface area contributed by atoms with E-state index in [9.17, 15) is 19.5 Å². The first-order valence-electron chi connectivity index (χ1n) is 9.02. The summed E-state index contributed by atoms with van der Waals surface area (Å²) in [4.78, 5) is 35.7. The van der Waals surface area contributed by atoms with Gasteiger partial charge in [-0.25, -0.2) is 9.59 Å². The van der Waals surface area contributed by atoms with Crippen LogP contribution in [-0.2, 0) is 19.1 Å². The Morgan fingerprint density at radius 1 is 1.17 bits per heavy atom. The van der Waals surface area contributed by atoms with E-state index < -0.39 is 23.7 Å². The lowest BCUT2D eigenvalue weighted by Crippen LogP contribution is -2.44. The van der Waals surface area contributed by atoms with Crippen molar-refractivity contribution in [2.75, 3.05) is 0 Å². The third kappa shape index (κ3) is 4.51. The van der Waals surface area contributed by atoms with E-state index in [1.807, 2.05) is 6.92 Å². The van der Waals surface area contributed by atoms with Gasteiger partial charge in [0.05, 0.1) is 5.97 Å². The number of aromatic carboxylic acids is 1. The van der Waals surface area contributed by atoms with E-state index >= 15 is 0 Å². The molecule has 7 nitrogen and oxygen atoms in total. The Hall–Kier alpha value is -3.06. The average Bonchev–Trinajstić information content (AvgIpc) is 3.12. The SMILES string of the molecule is CCCCC1(C)OC(=O)C(=Cc2ccc(-c3ccc(Cl)c(C(=O)[O-])c3)o2)C(=O)O1. The van der Waals surface area contributed by atoms with Crippen molar-refractivity contribution in [1.82, 2.24) is 0 Å². The second-order valence-corrected chi connectivity index (χ2v) is 7.17. The van der Waals surface area contributed by atoms with E-state index in [4.69, 9.17) is 25.5 Å². The van der Waals surface area contributed by atoms with Crippen molar-refractivity contribution in [2.45, 2.75) is 38.9 Å². The van der Waals surface area contributed by atoms with Crippen LogP contribution in [0.4, 0.5) is 0 Å². The van der Waals surface area contributed by atoms with Crippen molar-refractivity contribution in [3.05, 3.63) is 52.3 Å². The molecule has 0 aliphatic carbocycles. The molecule has 8 heteroatoms. The van der Waals surface area contributed by atoms with Crippen molar-refractivity contribution in [2.24, 2.45) is 0 Å². The molecular weight excluding hydrogens is 400 g/mol. The van der Waals surface area contributed by atoms with Gasteiger partial charge < -0.3 is 23.8 Å². The number of furan rings is 1. The first kappa shape index (κ1) is 20.7. The number of carboxylic acid groups (broad SMARTS) is 1. The summed E-state index contributed by atoms with van der Waals surface area (Å²) in [5.41, 5.74) is -0.0168. The number of ether oxygens (including phenoxy) is 2. The number of esters is 2. The van der Waals surface area contributed by atoms with Gasteiger partial charge in [-0.05, 0) is 36.8 Å². The highest BCUT2D eigenvalue weighted by Gasteiger charge is 2.42. The van der Waals surface area contributed by atoms with Gasteiger partial charge in [0, 0.05) is 35.6 Å². The fourth-order valence-corrected chi connectivity index (χ4v) is 3.08. The zero-order valence-electron chi connectivity index (χ0n) is 15.8. The molecule has 1 aliphatic heterocycles. The Morgan fingerprint density at radius 2 is 1.86 bits per heavy atom. The third-order valence-corrected chi connectivity index (χ3v) is 4.76. The molecule has 1 aliphatic rings. The smallest absolute Gasteiger partial charge is 0.348 e. The van der Waals surface area contributed by atoms with E-state index in [1.165, 1.54) is 24.3 Å². The number of unbranched alkanes of at least 4 members (excludes halogenated alkanes) is 1. The monoisotopic (exact) mass is 417 g/mol. The van der Waals surface area contributed by atoms with Crippen LogP contribution in [0.15, 0.2) is 40.3 Å². The number of halogens is 1. The number of carbonyl (C=O) groups is 3. The number of cyclic esters (lactones) is 2. The van der Waals surface area contributed by atoms with E-state index in [0.29, 0.717) is 17.7 Å². The average molecular weight is 418 g/mol. The molecule has 1 aromatic carbocycles. The molecule has 0 radical (unpaired) electrons. The molecule has 3 rings (SSSR count). The molecule has 1 aromatic heterocycles. The summed E-state index contributed by atoms with van der Waals surface area (Å²) < 4.78 is 16.2. The van der Waals surface area contributed by atoms with Crippen LogP contribution in [0, 0.1) is 0 Å². The van der Waals surface area contributed by atoms with E-state index in [2.05, 4.69) is 0 Å². The molecule has 2 heterocycles. The maximum Gasteiger partial charge on any atom is 0.348 e. The van der Waals surface area contributed by atoms with Crippen molar-refractivity contribution in [3.63, 3.8) is 0 Å². The van der Waals surface area contributed by atoms with Gasteiger partial charge in [0.2, 0.25) is 0 Å². The Balaban J connectivity index is 1.84. The molecule has 0 spiro atoms. The summed E-state index contributed by atoms with van der Waals surface area (Å²) >= 11 is 5.84. The summed E-state index contributed by atoms with van der Waals surface area (Å²) in [6.07, 6.45) is 3.25. The van der Waals surface area contributed by atoms with Gasteiger partial charge in [-0.2, -0.15) is 0 Å². The number of carbonyl (C=O) groups excluding carboxylic acids is 3. The second kappa shape index (κ2) is 8.13. The van der Waals surface area contributed by atoms with Crippen molar-refractivity contribution >= 4 is 35.6 Å². The van der Waals surface area contributed by atoms with Gasteiger partial charge in [-0.3, -0.25) is 0 Å². The Morgan fingerprint density at radius 3 is 2.48 bits per heavy atom. The number of hydrogen-bond acceptors (Lipinski definition) is 7. The molecule has 1 fully saturated rings. The van der Waals surface area contributed by atoms with Gasteiger partial charge in [-0.1, -0.05) is 24.9 Å². The lowest BCUT2D eigenvalue weighted by Gasteiger charge is -2.33. The topological polar surface area (TPSA) is 106 Å². The van der Waals surface area contributed by atoms with E-state index in [1.54, 1.807) is 19.1 Å². The second-order valence-electron chi connectivity index (χ2n) is 6.76. The first-order valence-corrected chi connectivity index (χ1v) is 9.39. The van der Waals surface area contributed by atoms with Crippen LogP contribution < -0.4 is 5.11 Å². The van der Waals surface area contributed by atoms with Crippen LogP contribution >= 0.6 is 11.6 Å². The lowest BCUT2D eigenvalue weighted by molar-refractivity contribution is -0.255. The molecule has 152 valence electrons. The minimum Gasteiger partial charge on any atom is -0.545 e. The largest absolute Gasteiger partial charge is 0.545 e. The standard InChI is InChI=1S/C21H19ClO7/c1-3-4-9-21(2)28-19(25)15(20(26)29-21)11-13-6-8-17(27-13)12-5-7-16(22)14(10-12)18(23)24/h5-8,10-11H,3-4,9H2,1-2H3,(H,23,24)/p-1. The molecule has 0 atom stereocenters. The Bertz CT molecular complexity index is 982. The summed E-state index contributed by atoms with van der Waals surface area (Å²) in [7, 11) is 0. The maximum atomic E-state index is 12.3. The molecule has 0 bridgehead atoms. The molecule has 0 amide bonds. The maximum absolute atomic E-state index is 12.3. The van der Waals surface area contributed by atoms with Gasteiger partial charge in [0.1, 0.15) is 17.1 Å². The van der Waals surface area contributed by atoms with Crippen molar-refractivity contribution < 1.29 is 33.4 Å². The predicted octanol–water partition coefficient (Wildman–Crippen LogP) is 3.35. The zero-order chi connectivity index (χ0) is 21.2. The highest BCUT2D eigenvalue weighted by molar-refractivity contribution is 6.33. The highest BCUT2D eigenvalue weighted by atomic mass is 35.5. The quantitative estimate of drug-likeness (QED) is 0.403. The van der Waals surface area contributed by atoms with E-state index in [0.717, 1.165) is 12.8 Å². The van der Waals surface area contributed by atoms with Crippen molar-refractivity contribution in [3.8, 4) is 11.3 Å². The number of rotatable bonds is 6. The molecule has 0 saturated carbocycles. The summed E-state index contributed by atoms with van der Waals surface area (Å²) in [6.45, 7) is 3.53. The van der Waals surface area contributed by atoms with Gasteiger partial charge >= 0.3 is 11.9 Å². The number of benzene rings is 1. The fourth-order valence-electron chi connectivity index (χ4n) is 2.89. The molecule has 0 N–H and O–H groups in total. The fraction of sp³-hybridized carbons (Fsp3) is 0.286. The Kier molecular flexibility index (Phi) is 5.79. The van der Waals surface area contributed by atoms with Gasteiger partial charge in [0.25, 0.3) is 5.79 Å². The van der Waals surface area contributed by atoms with Crippen LogP contribution in [0.2, 0.25) is 5.02 Å². The minimum atomic E-state index is -1.41. The molecule has 29 heavy (non-hydrogen) atoms. The van der Waals surface area contributed by atoms with Crippen LogP contribution in [0.5, 0.6) is 0 Å². The molecule has 0 unspecified atom stereocenters. The normalized spacial score (nSPS) is 18.9. The zero-order valence-corrected chi connectivity index (χ0v) is 16.6. The highest BCUT2D eigenvalue weighted by Crippen LogP contribution is 2.31. The van der Waals surface area contributed by atoms with E-state index in [-0.39, 0.29) is 21.9 Å². The third-order valence-electron chi connectivity index (χ3n) is 4.43. The summed E-state index contributed by atoms with van der Waals surface area (Å²) in [5, 5.41) is 11.2. The van der Waals surface area contributed by atoms with Crippen molar-refractivity contribution in [1.29, 1.82) is 0 Å². The number of hydrogen-bond donors (Lipinski definition) is 0. The molecule has 2 aromatic rings. The van der Waals surface area contributed by atoms with Crippen LogP contribution in [0.3, 0.4) is 0 Å². The van der Waals surface area contributed by atoms with Crippen LogP contribution in [0.25, 0.3) is 17.4 Å². The number of carboxylic acids is 1. The minimum absolute atomic E-state index is 0.0430. The van der Waals surface area contributed by atoms with Gasteiger partial charge in [0.15, 0.2) is 0 Å². The summed E-state index contributed by atoms with van der Waals surface area (Å²) in [6, 6.07) is 7.40. The predicted molar refractivity (Wildman–Crippen MR) is 102 cm³/mol. The van der Waals surface area contributed by atoms with Gasteiger partial charge in [-0.15, -0.1) is 0 Å². The van der Waals surface area contributed by atoms with Crippen LogP contribution in [0.1, 0.15) is 49.2 Å². The molecule has 1 saturated heterocycles. The van der Waals surface area contributed by atoms with Crippen LogP contribution in [-0.4, -0.2) is 23.7 Å².